The third-order valence-electron chi connectivity index (χ3n) is 9.21. The summed E-state index contributed by atoms with van der Waals surface area (Å²) in [5.41, 5.74) is 1.83. The maximum absolute atomic E-state index is 13.7. The Bertz CT molecular complexity index is 1340. The van der Waals surface area contributed by atoms with Gasteiger partial charge in [0.1, 0.15) is 17.9 Å². The van der Waals surface area contributed by atoms with Gasteiger partial charge in [-0.2, -0.15) is 0 Å². The number of unbranched alkanes of at least 4 members (excludes halogenated alkanes) is 4. The average molecular weight is 654 g/mol. The number of likely N-dealkylation sites (N-methyl/N-ethyl adjacent to an activating group) is 1. The molecule has 0 bridgehead atoms. The Labute approximate surface area is 278 Å². The molecule has 0 spiro atoms. The minimum absolute atomic E-state index is 0.0397. The van der Waals surface area contributed by atoms with Crippen LogP contribution in [0.15, 0.2) is 78.9 Å². The van der Waals surface area contributed by atoms with Gasteiger partial charge in [0.15, 0.2) is 5.66 Å². The molecule has 1 heterocycles. The number of quaternary nitrogens is 1. The minimum atomic E-state index is -0.803. The van der Waals surface area contributed by atoms with Gasteiger partial charge in [0, 0.05) is 72.2 Å². The van der Waals surface area contributed by atoms with Crippen molar-refractivity contribution in [3.8, 4) is 0 Å². The lowest BCUT2D eigenvalue weighted by Crippen LogP contribution is -2.77. The molecule has 3 N–H and O–H groups in total. The van der Waals surface area contributed by atoms with E-state index in [1.165, 1.54) is 19.3 Å². The molecule has 1 aliphatic heterocycles. The molecular formula is C36H48Cl2N5O2+. The van der Waals surface area contributed by atoms with Gasteiger partial charge in [-0.1, -0.05) is 74.0 Å². The summed E-state index contributed by atoms with van der Waals surface area (Å²) in [4.78, 5) is 29.0. The van der Waals surface area contributed by atoms with E-state index in [0.29, 0.717) is 46.1 Å². The van der Waals surface area contributed by atoms with Crippen LogP contribution in [0.4, 0.5) is 16.2 Å². The van der Waals surface area contributed by atoms with Gasteiger partial charge >= 0.3 is 6.03 Å². The number of amides is 3. The van der Waals surface area contributed by atoms with Gasteiger partial charge in [0.25, 0.3) is 5.91 Å². The summed E-state index contributed by atoms with van der Waals surface area (Å²) < 4.78 is 0.344. The fourth-order valence-electron chi connectivity index (χ4n) is 6.83. The number of nitrogens with zero attached hydrogens (tertiary/aromatic N) is 2. The van der Waals surface area contributed by atoms with Crippen LogP contribution in [0.3, 0.4) is 0 Å². The number of carbonyl (C=O) groups is 2. The molecule has 3 atom stereocenters. The number of nitrogens with one attached hydrogen (secondary N) is 3. The van der Waals surface area contributed by atoms with Crippen molar-refractivity contribution in [3.63, 3.8) is 0 Å². The number of hydrogen-bond donors (Lipinski definition) is 3. The molecule has 1 aliphatic rings. The lowest BCUT2D eigenvalue weighted by Gasteiger charge is -2.58. The van der Waals surface area contributed by atoms with Crippen LogP contribution in [0.2, 0.25) is 10.0 Å². The van der Waals surface area contributed by atoms with E-state index < -0.39 is 5.66 Å². The maximum atomic E-state index is 13.7. The Morgan fingerprint density at radius 1 is 0.844 bits per heavy atom. The number of urea groups is 1. The van der Waals surface area contributed by atoms with Crippen LogP contribution in [-0.4, -0.2) is 62.3 Å². The highest BCUT2D eigenvalue weighted by atomic mass is 35.5. The SMILES string of the molecule is CCCCCCCNC(=O)NC1(C)CC(CNC(=O)c2ccccc2)C(N(C)C)C[N+]1(c1ccc(Cl)cc1)c1ccc(Cl)cc1. The molecule has 0 saturated carbocycles. The van der Waals surface area contributed by atoms with E-state index in [1.807, 2.05) is 78.9 Å². The normalized spacial score (nSPS) is 20.9. The average Bonchev–Trinajstić information content (AvgIpc) is 3.02. The van der Waals surface area contributed by atoms with Crippen molar-refractivity contribution in [3.05, 3.63) is 94.5 Å². The molecule has 3 aromatic rings. The second-order valence-electron chi connectivity index (χ2n) is 12.6. The fraction of sp³-hybridized carbons (Fsp3) is 0.444. The van der Waals surface area contributed by atoms with Crippen molar-refractivity contribution < 1.29 is 9.59 Å². The van der Waals surface area contributed by atoms with E-state index in [9.17, 15) is 9.59 Å². The summed E-state index contributed by atoms with van der Waals surface area (Å²) in [5, 5.41) is 11.1. The molecule has 3 amide bonds. The number of rotatable bonds is 13. The van der Waals surface area contributed by atoms with Crippen LogP contribution in [0, 0.1) is 5.92 Å². The van der Waals surface area contributed by atoms with Crippen molar-refractivity contribution >= 4 is 46.5 Å². The number of benzene rings is 3. The monoisotopic (exact) mass is 652 g/mol. The van der Waals surface area contributed by atoms with E-state index in [2.05, 4.69) is 48.8 Å². The van der Waals surface area contributed by atoms with Crippen LogP contribution in [0.1, 0.15) is 62.7 Å². The number of piperidine rings is 1. The maximum Gasteiger partial charge on any atom is 0.319 e. The zero-order valence-corrected chi connectivity index (χ0v) is 28.5. The van der Waals surface area contributed by atoms with Crippen molar-refractivity contribution in [1.82, 2.24) is 25.3 Å². The first-order valence-electron chi connectivity index (χ1n) is 16.1. The Morgan fingerprint density at radius 2 is 1.42 bits per heavy atom. The second kappa shape index (κ2) is 15.9. The molecule has 3 aromatic carbocycles. The summed E-state index contributed by atoms with van der Waals surface area (Å²) in [7, 11) is 4.16. The first kappa shape index (κ1) is 34.8. The van der Waals surface area contributed by atoms with Crippen LogP contribution in [0.5, 0.6) is 0 Å². The minimum Gasteiger partial charge on any atom is -0.352 e. The van der Waals surface area contributed by atoms with E-state index >= 15 is 0 Å². The Morgan fingerprint density at radius 3 is 1.98 bits per heavy atom. The first-order valence-corrected chi connectivity index (χ1v) is 16.8. The quantitative estimate of drug-likeness (QED) is 0.129. The molecule has 1 saturated heterocycles. The molecule has 0 radical (unpaired) electrons. The summed E-state index contributed by atoms with van der Waals surface area (Å²) in [5.74, 6) is -0.0665. The molecule has 3 unspecified atom stereocenters. The highest BCUT2D eigenvalue weighted by molar-refractivity contribution is 6.31. The van der Waals surface area contributed by atoms with Crippen LogP contribution < -0.4 is 20.4 Å². The van der Waals surface area contributed by atoms with Crippen molar-refractivity contribution in [2.75, 3.05) is 33.7 Å². The Balaban J connectivity index is 1.73. The summed E-state index contributed by atoms with van der Waals surface area (Å²) in [6.45, 7) is 6.03. The van der Waals surface area contributed by atoms with Gasteiger partial charge in [-0.15, -0.1) is 0 Å². The van der Waals surface area contributed by atoms with E-state index in [1.54, 1.807) is 0 Å². The summed E-state index contributed by atoms with van der Waals surface area (Å²) in [6, 6.07) is 24.9. The summed E-state index contributed by atoms with van der Waals surface area (Å²) in [6.07, 6.45) is 6.20. The van der Waals surface area contributed by atoms with Crippen molar-refractivity contribution in [2.45, 2.75) is 64.1 Å². The van der Waals surface area contributed by atoms with Crippen molar-refractivity contribution in [2.24, 2.45) is 5.92 Å². The molecule has 4 rings (SSSR count). The molecule has 9 heteroatoms. The van der Waals surface area contributed by atoms with Gasteiger partial charge in [-0.05, 0) is 56.9 Å². The molecule has 7 nitrogen and oxygen atoms in total. The predicted octanol–water partition coefficient (Wildman–Crippen LogP) is 8.00. The topological polar surface area (TPSA) is 73.5 Å². The highest BCUT2D eigenvalue weighted by Crippen LogP contribution is 2.49. The molecular weight excluding hydrogens is 605 g/mol. The van der Waals surface area contributed by atoms with Gasteiger partial charge < -0.3 is 15.5 Å². The van der Waals surface area contributed by atoms with Crippen LogP contribution >= 0.6 is 23.2 Å². The Hall–Kier alpha value is -3.10. The van der Waals surface area contributed by atoms with Crippen molar-refractivity contribution in [1.29, 1.82) is 0 Å². The van der Waals surface area contributed by atoms with Gasteiger partial charge in [-0.25, -0.2) is 9.28 Å². The smallest absolute Gasteiger partial charge is 0.319 e. The lowest BCUT2D eigenvalue weighted by atomic mass is 9.79. The van der Waals surface area contributed by atoms with Crippen LogP contribution in [-0.2, 0) is 0 Å². The fourth-order valence-corrected chi connectivity index (χ4v) is 7.08. The third-order valence-corrected chi connectivity index (χ3v) is 9.72. The largest absolute Gasteiger partial charge is 0.352 e. The molecule has 0 aliphatic carbocycles. The summed E-state index contributed by atoms with van der Waals surface area (Å²) >= 11 is 12.8. The molecule has 45 heavy (non-hydrogen) atoms. The molecule has 1 fully saturated rings. The third kappa shape index (κ3) is 8.39. The molecule has 242 valence electrons. The van der Waals surface area contributed by atoms with E-state index in [-0.39, 0.29) is 23.9 Å². The zero-order valence-electron chi connectivity index (χ0n) is 27.0. The number of carbonyl (C=O) groups excluding carboxylic acids is 2. The second-order valence-corrected chi connectivity index (χ2v) is 13.5. The first-order chi connectivity index (χ1) is 21.6. The zero-order chi connectivity index (χ0) is 32.5. The van der Waals surface area contributed by atoms with Crippen LogP contribution in [0.25, 0.3) is 0 Å². The van der Waals surface area contributed by atoms with E-state index in [4.69, 9.17) is 23.2 Å². The molecule has 0 aromatic heterocycles. The number of hydrogen-bond acceptors (Lipinski definition) is 3. The van der Waals surface area contributed by atoms with Gasteiger partial charge in [0.2, 0.25) is 0 Å². The number of halogens is 2. The predicted molar refractivity (Wildman–Crippen MR) is 187 cm³/mol. The lowest BCUT2D eigenvalue weighted by molar-refractivity contribution is 0.0108. The van der Waals surface area contributed by atoms with E-state index in [0.717, 1.165) is 24.2 Å². The standard InChI is InChI=1S/C36H47Cl2N5O2/c1-5-6-7-8-12-23-39-35(45)41-36(2)24-28(25-40-34(44)27-13-10-9-11-14-27)33(42(3)4)26-43(36,31-19-15-29(37)16-20-31)32-21-17-30(38)18-22-32/h9-11,13-22,28,33H,5-8,12,23-26H2,1-4H3,(H2-,39,40,41,44,45)/p+1. The Kier molecular flexibility index (Phi) is 12.3. The van der Waals surface area contributed by atoms with Gasteiger partial charge in [0.05, 0.1) is 6.04 Å². The highest BCUT2D eigenvalue weighted by Gasteiger charge is 2.59. The van der Waals surface area contributed by atoms with Gasteiger partial charge in [-0.3, -0.25) is 10.1 Å².